The second-order valence-corrected chi connectivity index (χ2v) is 4.40. The lowest BCUT2D eigenvalue weighted by atomic mass is 9.90. The van der Waals surface area contributed by atoms with Crippen LogP contribution in [-0.4, -0.2) is 23.7 Å². The highest BCUT2D eigenvalue weighted by Crippen LogP contribution is 2.17. The molecule has 0 aromatic heterocycles. The van der Waals surface area contributed by atoms with E-state index in [0.717, 1.165) is 13.0 Å². The number of hydrogen-bond donors (Lipinski definition) is 2. The van der Waals surface area contributed by atoms with Gasteiger partial charge in [-0.1, -0.05) is 20.8 Å². The minimum Gasteiger partial charge on any atom is -0.481 e. The van der Waals surface area contributed by atoms with E-state index in [9.17, 15) is 4.79 Å². The van der Waals surface area contributed by atoms with E-state index < -0.39 is 5.97 Å². The van der Waals surface area contributed by atoms with Crippen LogP contribution in [0.5, 0.6) is 0 Å². The summed E-state index contributed by atoms with van der Waals surface area (Å²) in [5.74, 6) is -0.741. The van der Waals surface area contributed by atoms with Gasteiger partial charge < -0.3 is 10.4 Å². The summed E-state index contributed by atoms with van der Waals surface area (Å²) in [6.07, 6.45) is 1.29. The van der Waals surface area contributed by atoms with Gasteiger partial charge >= 0.3 is 5.97 Å². The highest BCUT2D eigenvalue weighted by atomic mass is 16.4. The summed E-state index contributed by atoms with van der Waals surface area (Å²) in [4.78, 5) is 10.4. The molecule has 0 heterocycles. The van der Waals surface area contributed by atoms with Crippen molar-refractivity contribution < 1.29 is 9.90 Å². The SMILES string of the molecule is CCC(C)(C)CNC(C)CC(=O)O. The predicted octanol–water partition coefficient (Wildman–Crippen LogP) is 1.88. The van der Waals surface area contributed by atoms with Gasteiger partial charge in [0.1, 0.15) is 0 Å². The highest BCUT2D eigenvalue weighted by Gasteiger charge is 2.16. The summed E-state index contributed by atoms with van der Waals surface area (Å²) in [7, 11) is 0. The average Bonchev–Trinajstić information content (AvgIpc) is 2.00. The molecular weight excluding hydrogens is 166 g/mol. The molecule has 0 saturated carbocycles. The summed E-state index contributed by atoms with van der Waals surface area (Å²) in [5, 5.41) is 11.8. The molecule has 0 saturated heterocycles. The van der Waals surface area contributed by atoms with Crippen LogP contribution in [0.15, 0.2) is 0 Å². The molecule has 0 aromatic rings. The average molecular weight is 187 g/mol. The van der Waals surface area contributed by atoms with Crippen LogP contribution in [-0.2, 0) is 4.79 Å². The van der Waals surface area contributed by atoms with Crippen LogP contribution in [0.1, 0.15) is 40.5 Å². The molecule has 0 aliphatic carbocycles. The van der Waals surface area contributed by atoms with Crippen molar-refractivity contribution in [2.45, 2.75) is 46.6 Å². The molecule has 0 radical (unpaired) electrons. The maximum atomic E-state index is 10.4. The van der Waals surface area contributed by atoms with E-state index in [1.54, 1.807) is 0 Å². The fourth-order valence-corrected chi connectivity index (χ4v) is 0.910. The quantitative estimate of drug-likeness (QED) is 0.667. The van der Waals surface area contributed by atoms with E-state index in [-0.39, 0.29) is 17.9 Å². The summed E-state index contributed by atoms with van der Waals surface area (Å²) < 4.78 is 0. The van der Waals surface area contributed by atoms with Gasteiger partial charge in [-0.25, -0.2) is 0 Å². The van der Waals surface area contributed by atoms with Gasteiger partial charge in [0.25, 0.3) is 0 Å². The predicted molar refractivity (Wildman–Crippen MR) is 53.8 cm³/mol. The van der Waals surface area contributed by atoms with Crippen molar-refractivity contribution in [2.24, 2.45) is 5.41 Å². The monoisotopic (exact) mass is 187 g/mol. The van der Waals surface area contributed by atoms with Gasteiger partial charge in [-0.05, 0) is 18.8 Å². The zero-order valence-corrected chi connectivity index (χ0v) is 9.05. The van der Waals surface area contributed by atoms with E-state index in [0.29, 0.717) is 0 Å². The van der Waals surface area contributed by atoms with Crippen molar-refractivity contribution in [3.63, 3.8) is 0 Å². The first kappa shape index (κ1) is 12.4. The topological polar surface area (TPSA) is 49.3 Å². The number of carboxylic acid groups (broad SMARTS) is 1. The zero-order chi connectivity index (χ0) is 10.5. The molecule has 2 N–H and O–H groups in total. The van der Waals surface area contributed by atoms with Crippen LogP contribution in [0, 0.1) is 5.41 Å². The number of carbonyl (C=O) groups is 1. The Bertz CT molecular complexity index is 166. The van der Waals surface area contributed by atoms with Crippen LogP contribution >= 0.6 is 0 Å². The summed E-state index contributed by atoms with van der Waals surface area (Å²) in [6, 6.07) is 0.0586. The standard InChI is InChI=1S/C10H21NO2/c1-5-10(3,4)7-11-8(2)6-9(12)13/h8,11H,5-7H2,1-4H3,(H,12,13). The number of nitrogens with one attached hydrogen (secondary N) is 1. The Hall–Kier alpha value is -0.570. The number of hydrogen-bond acceptors (Lipinski definition) is 2. The van der Waals surface area contributed by atoms with Gasteiger partial charge in [0, 0.05) is 12.6 Å². The lowest BCUT2D eigenvalue weighted by Gasteiger charge is -2.25. The normalized spacial score (nSPS) is 14.2. The number of rotatable bonds is 6. The molecule has 1 unspecified atom stereocenters. The molecule has 0 rings (SSSR count). The van der Waals surface area contributed by atoms with Gasteiger partial charge in [0.05, 0.1) is 6.42 Å². The van der Waals surface area contributed by atoms with Crippen molar-refractivity contribution in [3.8, 4) is 0 Å². The summed E-state index contributed by atoms with van der Waals surface area (Å²) in [5.41, 5.74) is 0.257. The van der Waals surface area contributed by atoms with Crippen molar-refractivity contribution in [1.29, 1.82) is 0 Å². The maximum absolute atomic E-state index is 10.4. The third-order valence-corrected chi connectivity index (χ3v) is 2.37. The van der Waals surface area contributed by atoms with Crippen LogP contribution in [0.4, 0.5) is 0 Å². The van der Waals surface area contributed by atoms with Crippen molar-refractivity contribution >= 4 is 5.97 Å². The Balaban J connectivity index is 3.69. The fourth-order valence-electron chi connectivity index (χ4n) is 0.910. The Morgan fingerprint density at radius 2 is 2.08 bits per heavy atom. The van der Waals surface area contributed by atoms with Crippen LogP contribution in [0.3, 0.4) is 0 Å². The van der Waals surface area contributed by atoms with Gasteiger partial charge in [-0.3, -0.25) is 4.79 Å². The van der Waals surface area contributed by atoms with E-state index in [4.69, 9.17) is 5.11 Å². The molecule has 0 bridgehead atoms. The Labute approximate surface area is 80.5 Å². The van der Waals surface area contributed by atoms with Gasteiger partial charge in [-0.2, -0.15) is 0 Å². The van der Waals surface area contributed by atoms with Crippen LogP contribution in [0.25, 0.3) is 0 Å². The largest absolute Gasteiger partial charge is 0.481 e. The van der Waals surface area contributed by atoms with E-state index in [1.807, 2.05) is 6.92 Å². The molecule has 1 atom stereocenters. The fraction of sp³-hybridized carbons (Fsp3) is 0.900. The Morgan fingerprint density at radius 3 is 2.46 bits per heavy atom. The first-order valence-electron chi connectivity index (χ1n) is 4.82. The second-order valence-electron chi connectivity index (χ2n) is 4.40. The molecule has 0 amide bonds. The van der Waals surface area contributed by atoms with Gasteiger partial charge in [0.2, 0.25) is 0 Å². The molecule has 0 fully saturated rings. The number of carboxylic acids is 1. The lowest BCUT2D eigenvalue weighted by molar-refractivity contribution is -0.137. The highest BCUT2D eigenvalue weighted by molar-refractivity contribution is 5.67. The molecule has 0 aliphatic rings. The molecule has 0 aromatic carbocycles. The molecule has 0 spiro atoms. The van der Waals surface area contributed by atoms with Crippen molar-refractivity contribution in [3.05, 3.63) is 0 Å². The second kappa shape index (κ2) is 5.22. The summed E-state index contributed by atoms with van der Waals surface area (Å²) in [6.45, 7) is 9.27. The van der Waals surface area contributed by atoms with Crippen molar-refractivity contribution in [1.82, 2.24) is 5.32 Å². The Morgan fingerprint density at radius 1 is 1.54 bits per heavy atom. The minimum atomic E-state index is -0.741. The van der Waals surface area contributed by atoms with Crippen molar-refractivity contribution in [2.75, 3.05) is 6.54 Å². The Kier molecular flexibility index (Phi) is 4.99. The first-order valence-corrected chi connectivity index (χ1v) is 4.82. The third kappa shape index (κ3) is 6.58. The molecule has 3 nitrogen and oxygen atoms in total. The lowest BCUT2D eigenvalue weighted by Crippen LogP contribution is -2.36. The van der Waals surface area contributed by atoms with Crippen LogP contribution in [0.2, 0.25) is 0 Å². The van der Waals surface area contributed by atoms with Gasteiger partial charge in [0.15, 0.2) is 0 Å². The molecule has 78 valence electrons. The summed E-state index contributed by atoms with van der Waals surface area (Å²) >= 11 is 0. The van der Waals surface area contributed by atoms with E-state index >= 15 is 0 Å². The third-order valence-electron chi connectivity index (χ3n) is 2.37. The van der Waals surface area contributed by atoms with Crippen LogP contribution < -0.4 is 5.32 Å². The van der Waals surface area contributed by atoms with E-state index in [2.05, 4.69) is 26.1 Å². The van der Waals surface area contributed by atoms with E-state index in [1.165, 1.54) is 0 Å². The zero-order valence-electron chi connectivity index (χ0n) is 9.05. The number of aliphatic carboxylic acids is 1. The molecule has 0 aliphatic heterocycles. The maximum Gasteiger partial charge on any atom is 0.304 e. The minimum absolute atomic E-state index is 0.0586. The van der Waals surface area contributed by atoms with Gasteiger partial charge in [-0.15, -0.1) is 0 Å². The first-order chi connectivity index (χ1) is 5.87. The molecule has 13 heavy (non-hydrogen) atoms. The molecular formula is C10H21NO2. The molecule has 3 heteroatoms. The smallest absolute Gasteiger partial charge is 0.304 e.